The average molecular weight is 249 g/mol. The van der Waals surface area contributed by atoms with Crippen molar-refractivity contribution in [2.75, 3.05) is 0 Å². The largest absolute Gasteiger partial charge is 0.481 e. The normalized spacial score (nSPS) is 7.47. The number of hydrogen-bond donors (Lipinski definition) is 1. The number of carboxylic acids is 1. The smallest absolute Gasteiger partial charge is 0.300 e. The van der Waals surface area contributed by atoms with Gasteiger partial charge in [0.25, 0.3) is 5.97 Å². The number of aliphatic carboxylic acids is 1. The number of benzene rings is 1. The Balaban J connectivity index is 0. The molecule has 0 unspecified atom stereocenters. The lowest BCUT2D eigenvalue weighted by Gasteiger charge is -1.88. The second-order valence-corrected chi connectivity index (χ2v) is 3.21. The van der Waals surface area contributed by atoms with Crippen molar-refractivity contribution in [3.8, 4) is 0 Å². The van der Waals surface area contributed by atoms with Gasteiger partial charge in [-0.1, -0.05) is 47.5 Å². The van der Waals surface area contributed by atoms with Crippen LogP contribution in [0.3, 0.4) is 0 Å². The van der Waals surface area contributed by atoms with E-state index >= 15 is 0 Å². The first kappa shape index (κ1) is 16.4. The van der Waals surface area contributed by atoms with Crippen LogP contribution in [-0.2, 0) is 4.79 Å². The molecule has 0 bridgehead atoms. The molecule has 0 amide bonds. The molecule has 1 rings (SSSR count). The molecule has 0 radical (unpaired) electrons. The van der Waals surface area contributed by atoms with Gasteiger partial charge in [0.1, 0.15) is 0 Å². The first-order chi connectivity index (χ1) is 6.93. The number of aryl methyl sites for hydroxylation is 1. The van der Waals surface area contributed by atoms with Crippen molar-refractivity contribution in [2.24, 2.45) is 0 Å². The van der Waals surface area contributed by atoms with Crippen molar-refractivity contribution >= 4 is 29.2 Å². The van der Waals surface area contributed by atoms with Gasteiger partial charge in [-0.2, -0.15) is 0 Å². The molecule has 0 aliphatic rings. The molecule has 0 aliphatic heterocycles. The predicted octanol–water partition coefficient (Wildman–Crippen LogP) is 4.11. The summed E-state index contributed by atoms with van der Waals surface area (Å²) in [5.41, 5.74) is 2.47. The third-order valence-corrected chi connectivity index (χ3v) is 1.26. The van der Waals surface area contributed by atoms with E-state index in [2.05, 4.69) is 6.58 Å². The molecule has 15 heavy (non-hydrogen) atoms. The number of carboxylic acid groups (broad SMARTS) is 1. The predicted molar refractivity (Wildman–Crippen MR) is 65.5 cm³/mol. The maximum atomic E-state index is 9.00. The third-order valence-electron chi connectivity index (χ3n) is 1.01. The van der Waals surface area contributed by atoms with Crippen LogP contribution in [0.1, 0.15) is 12.5 Å². The zero-order chi connectivity index (χ0) is 12.3. The van der Waals surface area contributed by atoms with Crippen LogP contribution in [0.4, 0.5) is 0 Å². The van der Waals surface area contributed by atoms with Gasteiger partial charge in [0.2, 0.25) is 0 Å². The Bertz CT molecular complexity index is 256. The lowest BCUT2D eigenvalue weighted by Crippen LogP contribution is -1.78. The molecule has 2 nitrogen and oxygen atoms in total. The fraction of sp³-hybridized carbons (Fsp3) is 0.182. The zero-order valence-corrected chi connectivity index (χ0v) is 10.2. The van der Waals surface area contributed by atoms with Crippen LogP contribution in [-0.4, -0.2) is 11.1 Å². The molecule has 1 aromatic rings. The Kier molecular flexibility index (Phi) is 12.2. The molecule has 0 spiro atoms. The molecule has 1 N–H and O–H groups in total. The van der Waals surface area contributed by atoms with Crippen molar-refractivity contribution in [3.05, 3.63) is 47.0 Å². The molecule has 0 atom stereocenters. The van der Waals surface area contributed by atoms with Gasteiger partial charge in [0.05, 0.1) is 0 Å². The maximum Gasteiger partial charge on any atom is 0.300 e. The topological polar surface area (TPSA) is 37.3 Å². The standard InChI is InChI=1S/C7H7Cl.C2H3Cl.C2H4O2/c1-6-2-4-7(8)5-3-6;1-2-3;1-2(3)4/h2-5H,1H3;2H,1H2;1H3,(H,3,4). The van der Waals surface area contributed by atoms with E-state index in [0.29, 0.717) is 0 Å². The molecule has 0 heterocycles. The average Bonchev–Trinajstić information content (AvgIpc) is 2.10. The Labute approximate surface area is 100 Å². The maximum absolute atomic E-state index is 9.00. The van der Waals surface area contributed by atoms with Gasteiger partial charge in [-0.15, -0.1) is 0 Å². The highest BCUT2D eigenvalue weighted by atomic mass is 35.5. The SMILES string of the molecule is C=CCl.CC(=O)O.Cc1ccc(Cl)cc1. The lowest BCUT2D eigenvalue weighted by molar-refractivity contribution is -0.134. The molecule has 4 heteroatoms. The van der Waals surface area contributed by atoms with Gasteiger partial charge in [0, 0.05) is 11.9 Å². The highest BCUT2D eigenvalue weighted by Crippen LogP contribution is 2.07. The number of rotatable bonds is 0. The van der Waals surface area contributed by atoms with E-state index in [-0.39, 0.29) is 0 Å². The summed E-state index contributed by atoms with van der Waals surface area (Å²) in [4.78, 5) is 9.00. The molecular formula is C11H14Cl2O2. The van der Waals surface area contributed by atoms with Gasteiger partial charge in [-0.05, 0) is 24.6 Å². The Morgan fingerprint density at radius 2 is 1.67 bits per heavy atom. The monoisotopic (exact) mass is 248 g/mol. The minimum absolute atomic E-state index is 0.801. The van der Waals surface area contributed by atoms with Gasteiger partial charge in [-0.3, -0.25) is 4.79 Å². The highest BCUT2D eigenvalue weighted by molar-refractivity contribution is 6.30. The van der Waals surface area contributed by atoms with E-state index in [4.69, 9.17) is 33.1 Å². The summed E-state index contributed by atoms with van der Waals surface area (Å²) in [6.07, 6.45) is 0. The second-order valence-electron chi connectivity index (χ2n) is 2.47. The highest BCUT2D eigenvalue weighted by Gasteiger charge is 1.81. The van der Waals surface area contributed by atoms with Crippen molar-refractivity contribution < 1.29 is 9.90 Å². The van der Waals surface area contributed by atoms with Gasteiger partial charge in [0.15, 0.2) is 0 Å². The Morgan fingerprint density at radius 3 is 1.87 bits per heavy atom. The summed E-state index contributed by atoms with van der Waals surface area (Å²) in [7, 11) is 0. The third kappa shape index (κ3) is 19.4. The summed E-state index contributed by atoms with van der Waals surface area (Å²) in [5.74, 6) is -0.833. The fourth-order valence-electron chi connectivity index (χ4n) is 0.533. The van der Waals surface area contributed by atoms with E-state index in [9.17, 15) is 0 Å². The van der Waals surface area contributed by atoms with Crippen molar-refractivity contribution in [3.63, 3.8) is 0 Å². The number of carbonyl (C=O) groups is 1. The molecule has 1 aromatic carbocycles. The molecule has 0 aromatic heterocycles. The fourth-order valence-corrected chi connectivity index (χ4v) is 0.659. The lowest BCUT2D eigenvalue weighted by atomic mass is 10.2. The van der Waals surface area contributed by atoms with E-state index in [0.717, 1.165) is 11.9 Å². The minimum atomic E-state index is -0.833. The molecule has 0 saturated heterocycles. The Morgan fingerprint density at radius 1 is 1.40 bits per heavy atom. The van der Waals surface area contributed by atoms with Crippen molar-refractivity contribution in [1.82, 2.24) is 0 Å². The van der Waals surface area contributed by atoms with Crippen LogP contribution in [0.2, 0.25) is 5.02 Å². The first-order valence-electron chi connectivity index (χ1n) is 4.06. The zero-order valence-electron chi connectivity index (χ0n) is 8.71. The molecule has 0 aliphatic carbocycles. The van der Waals surface area contributed by atoms with Gasteiger partial charge >= 0.3 is 0 Å². The molecule has 0 saturated carbocycles. The quantitative estimate of drug-likeness (QED) is 0.751. The van der Waals surface area contributed by atoms with Crippen molar-refractivity contribution in [2.45, 2.75) is 13.8 Å². The second kappa shape index (κ2) is 11.1. The van der Waals surface area contributed by atoms with Crippen LogP contribution in [0.5, 0.6) is 0 Å². The van der Waals surface area contributed by atoms with Crippen LogP contribution in [0, 0.1) is 6.92 Å². The van der Waals surface area contributed by atoms with Crippen molar-refractivity contribution in [1.29, 1.82) is 0 Å². The van der Waals surface area contributed by atoms with E-state index in [1.165, 1.54) is 11.1 Å². The van der Waals surface area contributed by atoms with Gasteiger partial charge in [-0.25, -0.2) is 0 Å². The summed E-state index contributed by atoms with van der Waals surface area (Å²) in [6, 6.07) is 7.75. The molecule has 84 valence electrons. The van der Waals surface area contributed by atoms with E-state index in [1.54, 1.807) is 0 Å². The first-order valence-corrected chi connectivity index (χ1v) is 4.88. The number of hydrogen-bond acceptors (Lipinski definition) is 1. The summed E-state index contributed by atoms with van der Waals surface area (Å²) >= 11 is 10.4. The van der Waals surface area contributed by atoms with Crippen LogP contribution < -0.4 is 0 Å². The molecular weight excluding hydrogens is 235 g/mol. The van der Waals surface area contributed by atoms with Crippen LogP contribution in [0.15, 0.2) is 36.4 Å². The summed E-state index contributed by atoms with van der Waals surface area (Å²) < 4.78 is 0. The summed E-state index contributed by atoms with van der Waals surface area (Å²) in [6.45, 7) is 6.25. The minimum Gasteiger partial charge on any atom is -0.481 e. The van der Waals surface area contributed by atoms with E-state index < -0.39 is 5.97 Å². The van der Waals surface area contributed by atoms with Gasteiger partial charge < -0.3 is 5.11 Å². The van der Waals surface area contributed by atoms with Crippen LogP contribution >= 0.6 is 23.2 Å². The Hall–Kier alpha value is -0.990. The summed E-state index contributed by atoms with van der Waals surface area (Å²) in [5, 5.41) is 8.22. The van der Waals surface area contributed by atoms with E-state index in [1.807, 2.05) is 31.2 Å². The van der Waals surface area contributed by atoms with Crippen LogP contribution in [0.25, 0.3) is 0 Å². The molecule has 0 fully saturated rings. The number of halogens is 2.